The van der Waals surface area contributed by atoms with E-state index in [2.05, 4.69) is 17.6 Å². The Morgan fingerprint density at radius 2 is 1.94 bits per heavy atom. The van der Waals surface area contributed by atoms with Gasteiger partial charge in [0.1, 0.15) is 10.6 Å². The summed E-state index contributed by atoms with van der Waals surface area (Å²) in [4.78, 5) is 27.7. The summed E-state index contributed by atoms with van der Waals surface area (Å²) in [6, 6.07) is 5.38. The molecule has 2 aromatic heterocycles. The molecule has 34 heavy (non-hydrogen) atoms. The number of fused-ring (bicyclic) bond motifs is 2. The van der Waals surface area contributed by atoms with Crippen LogP contribution in [-0.2, 0) is 22.7 Å². The van der Waals surface area contributed by atoms with Crippen LogP contribution in [0.5, 0.6) is 0 Å². The van der Waals surface area contributed by atoms with Gasteiger partial charge in [0.05, 0.1) is 17.1 Å². The van der Waals surface area contributed by atoms with Crippen molar-refractivity contribution in [3.8, 4) is 0 Å². The van der Waals surface area contributed by atoms with Crippen molar-refractivity contribution in [2.24, 2.45) is 5.92 Å². The number of sulfone groups is 1. The summed E-state index contributed by atoms with van der Waals surface area (Å²) in [5, 5.41) is 7.24. The third kappa shape index (κ3) is 4.27. The summed E-state index contributed by atoms with van der Waals surface area (Å²) in [6.45, 7) is 6.03. The molecular formula is C25H28N2O5S2. The minimum absolute atomic E-state index is 0.0403. The Morgan fingerprint density at radius 1 is 1.15 bits per heavy atom. The molecule has 180 valence electrons. The number of hydrogen-bond donors (Lipinski definition) is 2. The van der Waals surface area contributed by atoms with Gasteiger partial charge in [0, 0.05) is 21.9 Å². The molecule has 0 unspecified atom stereocenters. The van der Waals surface area contributed by atoms with Gasteiger partial charge in [0.15, 0.2) is 15.6 Å². The maximum atomic E-state index is 13.3. The molecule has 3 aromatic rings. The molecule has 2 atom stereocenters. The predicted octanol–water partition coefficient (Wildman–Crippen LogP) is 4.41. The summed E-state index contributed by atoms with van der Waals surface area (Å²) in [5.74, 6) is 0.0735. The Kier molecular flexibility index (Phi) is 5.80. The van der Waals surface area contributed by atoms with Crippen LogP contribution in [0.25, 0.3) is 11.0 Å². The van der Waals surface area contributed by atoms with Gasteiger partial charge >= 0.3 is 0 Å². The fourth-order valence-electron chi connectivity index (χ4n) is 4.96. The Labute approximate surface area is 202 Å². The summed E-state index contributed by atoms with van der Waals surface area (Å²) in [6.07, 6.45) is 3.00. The molecule has 1 aliphatic heterocycles. The van der Waals surface area contributed by atoms with Gasteiger partial charge in [-0.1, -0.05) is 18.6 Å². The first-order valence-electron chi connectivity index (χ1n) is 11.6. The van der Waals surface area contributed by atoms with Gasteiger partial charge in [-0.05, 0) is 63.1 Å². The van der Waals surface area contributed by atoms with Crippen LogP contribution in [0.1, 0.15) is 62.2 Å². The number of carbonyl (C=O) groups is 2. The normalized spacial score (nSPS) is 21.4. The monoisotopic (exact) mass is 500 g/mol. The molecule has 0 spiro atoms. The second-order valence-electron chi connectivity index (χ2n) is 9.64. The largest absolute Gasteiger partial charge is 0.451 e. The highest BCUT2D eigenvalue weighted by Gasteiger charge is 2.33. The number of thiophene rings is 1. The zero-order valence-electron chi connectivity index (χ0n) is 19.5. The number of rotatable bonds is 4. The molecule has 1 fully saturated rings. The maximum Gasteiger partial charge on any atom is 0.292 e. The first kappa shape index (κ1) is 23.1. The number of anilines is 1. The van der Waals surface area contributed by atoms with Crippen molar-refractivity contribution in [2.75, 3.05) is 16.8 Å². The third-order valence-electron chi connectivity index (χ3n) is 6.83. The number of aryl methyl sites for hydroxylation is 2. The smallest absolute Gasteiger partial charge is 0.292 e. The molecule has 0 radical (unpaired) electrons. The van der Waals surface area contributed by atoms with E-state index in [4.69, 9.17) is 4.42 Å². The SMILES string of the molecule is Cc1ccc2oc(C(=O)Nc3sc4c(c3C(=O)N[C@@H]3CCS(=O)(=O)C3)CC[C@H](C)C4)c(C)c2c1. The van der Waals surface area contributed by atoms with Gasteiger partial charge in [0.25, 0.3) is 11.8 Å². The number of benzene rings is 1. The standard InChI is InChI=1S/C25H28N2O5S2/c1-13-5-7-19-18(10-13)15(3)22(32-19)24(29)27-25-21(17-6-4-14(2)11-20(17)33-25)23(28)26-16-8-9-34(30,31)12-16/h5,7,10,14,16H,4,6,8-9,11-12H2,1-3H3,(H,26,28)(H,27,29)/t14-,16+/m0/s1. The Hall–Kier alpha value is -2.65. The molecule has 1 aliphatic carbocycles. The molecule has 7 nitrogen and oxygen atoms in total. The van der Waals surface area contributed by atoms with E-state index < -0.39 is 21.8 Å². The first-order valence-corrected chi connectivity index (χ1v) is 14.2. The van der Waals surface area contributed by atoms with Gasteiger partial charge < -0.3 is 15.1 Å². The van der Waals surface area contributed by atoms with E-state index in [1.165, 1.54) is 11.3 Å². The second-order valence-corrected chi connectivity index (χ2v) is 13.0. The molecule has 3 heterocycles. The molecule has 1 saturated heterocycles. The number of furan rings is 1. The zero-order chi connectivity index (χ0) is 24.2. The van der Waals surface area contributed by atoms with Crippen LogP contribution in [0.4, 0.5) is 5.00 Å². The van der Waals surface area contributed by atoms with Crippen LogP contribution in [0.15, 0.2) is 22.6 Å². The minimum atomic E-state index is -3.11. The van der Waals surface area contributed by atoms with Crippen LogP contribution in [-0.4, -0.2) is 37.8 Å². The highest BCUT2D eigenvalue weighted by atomic mass is 32.2. The topological polar surface area (TPSA) is 105 Å². The van der Waals surface area contributed by atoms with Crippen molar-refractivity contribution in [1.82, 2.24) is 5.32 Å². The van der Waals surface area contributed by atoms with Crippen molar-refractivity contribution >= 4 is 49.0 Å². The molecule has 0 saturated carbocycles. The quantitative estimate of drug-likeness (QED) is 0.552. The van der Waals surface area contributed by atoms with Gasteiger partial charge in [0.2, 0.25) is 0 Å². The molecule has 5 rings (SSSR count). The van der Waals surface area contributed by atoms with Gasteiger partial charge in [-0.3, -0.25) is 9.59 Å². The lowest BCUT2D eigenvalue weighted by Crippen LogP contribution is -2.36. The van der Waals surface area contributed by atoms with Crippen LogP contribution >= 0.6 is 11.3 Å². The highest BCUT2D eigenvalue weighted by molar-refractivity contribution is 7.91. The first-order chi connectivity index (χ1) is 16.1. The zero-order valence-corrected chi connectivity index (χ0v) is 21.1. The van der Waals surface area contributed by atoms with E-state index in [0.717, 1.165) is 46.2 Å². The van der Waals surface area contributed by atoms with E-state index in [-0.39, 0.29) is 23.2 Å². The fourth-order valence-corrected chi connectivity index (χ4v) is 8.03. The summed E-state index contributed by atoms with van der Waals surface area (Å²) in [7, 11) is -3.11. The average Bonchev–Trinajstić information content (AvgIpc) is 3.40. The van der Waals surface area contributed by atoms with Crippen molar-refractivity contribution in [2.45, 2.75) is 52.5 Å². The van der Waals surface area contributed by atoms with Crippen molar-refractivity contribution < 1.29 is 22.4 Å². The van der Waals surface area contributed by atoms with Crippen LogP contribution in [0.3, 0.4) is 0 Å². The number of nitrogens with one attached hydrogen (secondary N) is 2. The summed E-state index contributed by atoms with van der Waals surface area (Å²) >= 11 is 1.44. The molecule has 2 N–H and O–H groups in total. The molecule has 0 bridgehead atoms. The van der Waals surface area contributed by atoms with Crippen molar-refractivity contribution in [3.63, 3.8) is 0 Å². The Morgan fingerprint density at radius 3 is 2.68 bits per heavy atom. The van der Waals surface area contributed by atoms with Crippen LogP contribution < -0.4 is 10.6 Å². The van der Waals surface area contributed by atoms with Crippen molar-refractivity contribution in [3.05, 3.63) is 51.1 Å². The second kappa shape index (κ2) is 8.53. The Bertz CT molecular complexity index is 1420. The van der Waals surface area contributed by atoms with Crippen molar-refractivity contribution in [1.29, 1.82) is 0 Å². The molecule has 1 aromatic carbocycles. The van der Waals surface area contributed by atoms with E-state index in [1.54, 1.807) is 0 Å². The lowest BCUT2D eigenvalue weighted by Gasteiger charge is -2.19. The molecule has 9 heteroatoms. The average molecular weight is 501 g/mol. The van der Waals surface area contributed by atoms with Gasteiger partial charge in [-0.15, -0.1) is 11.3 Å². The molecule has 2 amide bonds. The van der Waals surface area contributed by atoms with Gasteiger partial charge in [-0.2, -0.15) is 0 Å². The van der Waals surface area contributed by atoms with E-state index in [9.17, 15) is 18.0 Å². The number of amides is 2. The van der Waals surface area contributed by atoms with E-state index >= 15 is 0 Å². The maximum absolute atomic E-state index is 13.3. The lowest BCUT2D eigenvalue weighted by molar-refractivity contribution is 0.0941. The van der Waals surface area contributed by atoms with Crippen LogP contribution in [0, 0.1) is 19.8 Å². The van der Waals surface area contributed by atoms with E-state index in [0.29, 0.717) is 28.5 Å². The van der Waals surface area contributed by atoms with Gasteiger partial charge in [-0.25, -0.2) is 8.42 Å². The van der Waals surface area contributed by atoms with Crippen LogP contribution in [0.2, 0.25) is 0 Å². The minimum Gasteiger partial charge on any atom is -0.451 e. The number of carbonyl (C=O) groups excluding carboxylic acids is 2. The Balaban J connectivity index is 1.47. The molecular weight excluding hydrogens is 472 g/mol. The lowest BCUT2D eigenvalue weighted by atomic mass is 9.88. The fraction of sp³-hybridized carbons (Fsp3) is 0.440. The number of hydrogen-bond acceptors (Lipinski definition) is 6. The molecule has 2 aliphatic rings. The van der Waals surface area contributed by atoms with E-state index in [1.807, 2.05) is 32.0 Å². The highest BCUT2D eigenvalue weighted by Crippen LogP contribution is 2.40. The third-order valence-corrected chi connectivity index (χ3v) is 9.77. The summed E-state index contributed by atoms with van der Waals surface area (Å²) < 4.78 is 29.6. The predicted molar refractivity (Wildman–Crippen MR) is 134 cm³/mol. The summed E-state index contributed by atoms with van der Waals surface area (Å²) in [5.41, 5.74) is 3.92.